The molecule has 0 unspecified atom stereocenters. The van der Waals surface area contributed by atoms with Gasteiger partial charge in [-0.3, -0.25) is 10.2 Å². The van der Waals surface area contributed by atoms with Crippen LogP contribution in [0, 0.1) is 17.2 Å². The molecule has 1 saturated heterocycles. The predicted octanol–water partition coefficient (Wildman–Crippen LogP) is 3.69. The summed E-state index contributed by atoms with van der Waals surface area (Å²) < 4.78 is 14.4. The van der Waals surface area contributed by atoms with Gasteiger partial charge in [0.1, 0.15) is 0 Å². The molecule has 0 radical (unpaired) electrons. The van der Waals surface area contributed by atoms with E-state index in [1.807, 2.05) is 20.8 Å². The molecular formula is C13H20Cl3NO4. The van der Waals surface area contributed by atoms with Crippen molar-refractivity contribution in [3.63, 3.8) is 0 Å². The van der Waals surface area contributed by atoms with Crippen LogP contribution in [0.25, 0.3) is 0 Å². The smallest absolute Gasteiger partial charge is 0.303 e. The van der Waals surface area contributed by atoms with Crippen LogP contribution in [0.4, 0.5) is 0 Å². The van der Waals surface area contributed by atoms with Crippen LogP contribution in [0.2, 0.25) is 0 Å². The molecule has 1 N–H and O–H groups in total. The minimum Gasteiger partial charge on any atom is -0.456 e. The Hall–Kier alpha value is -0.230. The van der Waals surface area contributed by atoms with E-state index < -0.39 is 28.1 Å². The van der Waals surface area contributed by atoms with Gasteiger partial charge in [0.15, 0.2) is 6.10 Å². The van der Waals surface area contributed by atoms with Crippen molar-refractivity contribution < 1.29 is 19.0 Å². The molecule has 1 fully saturated rings. The fraction of sp³-hybridized carbons (Fsp3) is 0.846. The summed E-state index contributed by atoms with van der Waals surface area (Å²) in [7, 11) is 0. The summed E-state index contributed by atoms with van der Waals surface area (Å²) >= 11 is 16.8. The van der Waals surface area contributed by atoms with Crippen LogP contribution < -0.4 is 0 Å². The minimum absolute atomic E-state index is 0.0132. The molecule has 1 rings (SSSR count). The van der Waals surface area contributed by atoms with Crippen molar-refractivity contribution in [3.05, 3.63) is 0 Å². The molecular weight excluding hydrogens is 341 g/mol. The molecule has 0 bridgehead atoms. The summed E-state index contributed by atoms with van der Waals surface area (Å²) in [4.78, 5) is 11.3. The number of carbonyl (C=O) groups excluding carboxylic acids is 1. The fourth-order valence-electron chi connectivity index (χ4n) is 2.36. The maximum atomic E-state index is 11.3. The third-order valence-electron chi connectivity index (χ3n) is 3.71. The summed E-state index contributed by atoms with van der Waals surface area (Å²) in [6.45, 7) is 7.25. The zero-order chi connectivity index (χ0) is 16.4. The second-order valence-corrected chi connectivity index (χ2v) is 7.47. The number of hydrogen-bond donors (Lipinski definition) is 1. The fourth-order valence-corrected chi connectivity index (χ4v) is 2.49. The normalized spacial score (nSPS) is 33.4. The van der Waals surface area contributed by atoms with Crippen LogP contribution in [0.3, 0.4) is 0 Å². The largest absolute Gasteiger partial charge is 0.456 e. The van der Waals surface area contributed by atoms with E-state index >= 15 is 0 Å². The molecule has 1 heterocycles. The number of alkyl halides is 3. The lowest BCUT2D eigenvalue weighted by Crippen LogP contribution is -2.53. The number of halogens is 3. The molecule has 1 aliphatic rings. The van der Waals surface area contributed by atoms with E-state index in [9.17, 15) is 4.79 Å². The van der Waals surface area contributed by atoms with Crippen molar-refractivity contribution in [2.45, 2.75) is 56.4 Å². The average molecular weight is 361 g/mol. The summed E-state index contributed by atoms with van der Waals surface area (Å²) in [5.74, 6) is -0.861. The quantitative estimate of drug-likeness (QED) is 0.361. The van der Waals surface area contributed by atoms with Crippen molar-refractivity contribution >= 4 is 46.7 Å². The molecule has 8 heteroatoms. The monoisotopic (exact) mass is 359 g/mol. The lowest BCUT2D eigenvalue weighted by Gasteiger charge is -2.43. The third-order valence-corrected chi connectivity index (χ3v) is 4.22. The van der Waals surface area contributed by atoms with E-state index in [1.165, 1.54) is 6.92 Å². The highest BCUT2D eigenvalue weighted by Crippen LogP contribution is 2.36. The first-order chi connectivity index (χ1) is 9.57. The first-order valence-corrected chi connectivity index (χ1v) is 7.86. The Morgan fingerprint density at radius 3 is 2.24 bits per heavy atom. The van der Waals surface area contributed by atoms with Gasteiger partial charge in [-0.2, -0.15) is 0 Å². The van der Waals surface area contributed by atoms with Crippen molar-refractivity contribution in [3.8, 4) is 0 Å². The Kier molecular flexibility index (Phi) is 6.59. The molecule has 0 aliphatic carbocycles. The van der Waals surface area contributed by atoms with E-state index in [4.69, 9.17) is 54.4 Å². The number of hydrogen-bond acceptors (Lipinski definition) is 5. The second-order valence-electron chi connectivity index (χ2n) is 5.19. The zero-order valence-electron chi connectivity index (χ0n) is 12.4. The van der Waals surface area contributed by atoms with Crippen LogP contribution in [-0.2, 0) is 19.0 Å². The van der Waals surface area contributed by atoms with E-state index in [0.717, 1.165) is 6.42 Å². The Morgan fingerprint density at radius 2 is 1.81 bits per heavy atom. The van der Waals surface area contributed by atoms with Crippen LogP contribution in [0.1, 0.15) is 34.1 Å². The minimum atomic E-state index is -1.99. The molecule has 21 heavy (non-hydrogen) atoms. The zero-order valence-corrected chi connectivity index (χ0v) is 14.6. The maximum absolute atomic E-state index is 11.3. The summed E-state index contributed by atoms with van der Waals surface area (Å²) in [6.07, 6.45) is -0.944. The molecule has 0 amide bonds. The van der Waals surface area contributed by atoms with Crippen molar-refractivity contribution in [2.75, 3.05) is 0 Å². The van der Waals surface area contributed by atoms with Crippen LogP contribution in [-0.4, -0.2) is 34.2 Å². The lowest BCUT2D eigenvalue weighted by molar-refractivity contribution is -0.251. The van der Waals surface area contributed by atoms with E-state index in [0.29, 0.717) is 0 Å². The Morgan fingerprint density at radius 1 is 1.24 bits per heavy atom. The molecule has 0 aromatic heterocycles. The number of ether oxygens (including phenoxy) is 3. The van der Waals surface area contributed by atoms with Gasteiger partial charge in [-0.25, -0.2) is 0 Å². The summed E-state index contributed by atoms with van der Waals surface area (Å²) in [5.41, 5.74) is 0. The van der Waals surface area contributed by atoms with Crippen LogP contribution in [0.5, 0.6) is 0 Å². The van der Waals surface area contributed by atoms with Gasteiger partial charge in [-0.1, -0.05) is 55.6 Å². The van der Waals surface area contributed by atoms with Gasteiger partial charge in [0.05, 0.1) is 6.10 Å². The number of rotatable bonds is 3. The first-order valence-electron chi connectivity index (χ1n) is 6.73. The Labute approximate surface area is 139 Å². The highest BCUT2D eigenvalue weighted by molar-refractivity contribution is 6.76. The van der Waals surface area contributed by atoms with Crippen molar-refractivity contribution in [1.29, 1.82) is 5.41 Å². The van der Waals surface area contributed by atoms with Gasteiger partial charge in [-0.15, -0.1) is 0 Å². The Balaban J connectivity index is 2.93. The Bertz CT molecular complexity index is 399. The average Bonchev–Trinajstić information content (AvgIpc) is 2.36. The number of carbonyl (C=O) groups is 1. The molecule has 0 saturated carbocycles. The third kappa shape index (κ3) is 4.88. The standard InChI is InChI=1S/C13H20Cl3NO4/c1-5-9-6(2)7(3)10(19-8(4)18)11(20-9)21-12(17)13(14,15)16/h6-7,9-11,17H,5H2,1-4H3/t6-,7-,9+,10-,11+/m0/s1. The second kappa shape index (κ2) is 7.36. The van der Waals surface area contributed by atoms with Gasteiger partial charge < -0.3 is 14.2 Å². The SMILES string of the molecule is CC[C@H]1O[C@H](OC(=N)C(Cl)(Cl)Cl)[C@@H](OC(C)=O)[C@@H](C)[C@@H]1C. The van der Waals surface area contributed by atoms with E-state index in [1.54, 1.807) is 0 Å². The highest BCUT2D eigenvalue weighted by Gasteiger charge is 2.46. The lowest BCUT2D eigenvalue weighted by atomic mass is 9.82. The van der Waals surface area contributed by atoms with Gasteiger partial charge >= 0.3 is 5.97 Å². The molecule has 0 aromatic rings. The van der Waals surface area contributed by atoms with Crippen LogP contribution in [0.15, 0.2) is 0 Å². The molecule has 0 aromatic carbocycles. The van der Waals surface area contributed by atoms with Gasteiger partial charge in [0, 0.05) is 12.8 Å². The van der Waals surface area contributed by atoms with E-state index in [-0.39, 0.29) is 17.9 Å². The number of esters is 1. The van der Waals surface area contributed by atoms with Crippen molar-refractivity contribution in [2.24, 2.45) is 11.8 Å². The van der Waals surface area contributed by atoms with Crippen molar-refractivity contribution in [1.82, 2.24) is 0 Å². The highest BCUT2D eigenvalue weighted by atomic mass is 35.6. The van der Waals surface area contributed by atoms with Gasteiger partial charge in [-0.05, 0) is 12.3 Å². The topological polar surface area (TPSA) is 68.6 Å². The maximum Gasteiger partial charge on any atom is 0.303 e. The number of nitrogens with one attached hydrogen (secondary N) is 1. The van der Waals surface area contributed by atoms with Gasteiger partial charge in [0.2, 0.25) is 12.2 Å². The first kappa shape index (κ1) is 18.8. The molecule has 1 aliphatic heterocycles. The summed E-state index contributed by atoms with van der Waals surface area (Å²) in [5, 5.41) is 7.65. The van der Waals surface area contributed by atoms with E-state index in [2.05, 4.69) is 0 Å². The van der Waals surface area contributed by atoms with Crippen LogP contribution >= 0.6 is 34.8 Å². The molecule has 122 valence electrons. The molecule has 5 atom stereocenters. The summed E-state index contributed by atoms with van der Waals surface area (Å²) in [6, 6.07) is 0. The molecule has 5 nitrogen and oxygen atoms in total. The predicted molar refractivity (Wildman–Crippen MR) is 81.9 cm³/mol. The molecule has 0 spiro atoms. The van der Waals surface area contributed by atoms with Gasteiger partial charge in [0.25, 0.3) is 3.79 Å².